The van der Waals surface area contributed by atoms with Crippen LogP contribution in [0.1, 0.15) is 18.5 Å². The highest BCUT2D eigenvalue weighted by molar-refractivity contribution is 9.10. The van der Waals surface area contributed by atoms with E-state index in [9.17, 15) is 15.2 Å². The Bertz CT molecular complexity index is 646. The van der Waals surface area contributed by atoms with E-state index in [-0.39, 0.29) is 17.5 Å². The maximum Gasteiger partial charge on any atom is 0.285 e. The van der Waals surface area contributed by atoms with Crippen LogP contribution < -0.4 is 5.32 Å². The third-order valence-electron chi connectivity index (χ3n) is 2.90. The lowest BCUT2D eigenvalue weighted by atomic mass is 10.1. The molecular weight excluding hydrogens is 324 g/mol. The second-order valence-corrected chi connectivity index (χ2v) is 5.24. The molecule has 2 aromatic rings. The van der Waals surface area contributed by atoms with Gasteiger partial charge in [-0.15, -0.1) is 0 Å². The fourth-order valence-corrected chi connectivity index (χ4v) is 2.26. The molecule has 2 aromatic carbocycles. The summed E-state index contributed by atoms with van der Waals surface area (Å²) in [4.78, 5) is 10.5. The van der Waals surface area contributed by atoms with Gasteiger partial charge in [0.15, 0.2) is 0 Å². The van der Waals surface area contributed by atoms with Gasteiger partial charge in [0.25, 0.3) is 5.69 Å². The van der Waals surface area contributed by atoms with E-state index in [1.54, 1.807) is 30.3 Å². The summed E-state index contributed by atoms with van der Waals surface area (Å²) >= 11 is 3.15. The largest absolute Gasteiger partial charge is 0.508 e. The summed E-state index contributed by atoms with van der Waals surface area (Å²) in [7, 11) is 0. The highest BCUT2D eigenvalue weighted by Gasteiger charge is 2.13. The molecule has 2 N–H and O–H groups in total. The van der Waals surface area contributed by atoms with E-state index >= 15 is 0 Å². The second-order valence-electron chi connectivity index (χ2n) is 4.38. The van der Waals surface area contributed by atoms with Crippen molar-refractivity contribution in [3.63, 3.8) is 0 Å². The van der Waals surface area contributed by atoms with Crippen LogP contribution in [-0.2, 0) is 0 Å². The number of phenols is 1. The van der Waals surface area contributed by atoms with Gasteiger partial charge in [-0.05, 0) is 52.7 Å². The molecule has 20 heavy (non-hydrogen) atoms. The summed E-state index contributed by atoms with van der Waals surface area (Å²) in [5, 5.41) is 23.5. The van der Waals surface area contributed by atoms with Crippen LogP contribution in [0, 0.1) is 10.1 Å². The molecule has 5 nitrogen and oxygen atoms in total. The van der Waals surface area contributed by atoms with Crippen molar-refractivity contribution in [3.05, 3.63) is 62.6 Å². The standard InChI is InChI=1S/C14H13BrN2O3/c1-9(10-3-2-4-12(18)7-10)16-11-5-6-13(15)14(8-11)17(19)20/h2-9,16,18H,1H3. The number of nitro groups is 1. The van der Waals surface area contributed by atoms with Crippen molar-refractivity contribution >= 4 is 27.3 Å². The van der Waals surface area contributed by atoms with E-state index in [1.165, 1.54) is 6.07 Å². The molecule has 0 spiro atoms. The number of aromatic hydroxyl groups is 1. The van der Waals surface area contributed by atoms with Crippen LogP contribution in [0.5, 0.6) is 5.75 Å². The molecule has 0 fully saturated rings. The lowest BCUT2D eigenvalue weighted by Crippen LogP contribution is -2.06. The van der Waals surface area contributed by atoms with E-state index in [2.05, 4.69) is 21.2 Å². The highest BCUT2D eigenvalue weighted by Crippen LogP contribution is 2.30. The number of nitrogens with one attached hydrogen (secondary N) is 1. The molecule has 1 atom stereocenters. The number of nitrogens with zero attached hydrogens (tertiary/aromatic N) is 1. The molecule has 2 rings (SSSR count). The molecule has 0 heterocycles. The van der Waals surface area contributed by atoms with Crippen LogP contribution in [0.25, 0.3) is 0 Å². The molecule has 0 aliphatic carbocycles. The van der Waals surface area contributed by atoms with Gasteiger partial charge in [-0.1, -0.05) is 12.1 Å². The Morgan fingerprint density at radius 2 is 2.05 bits per heavy atom. The molecule has 0 saturated heterocycles. The zero-order valence-corrected chi connectivity index (χ0v) is 12.3. The molecule has 0 amide bonds. The van der Waals surface area contributed by atoms with Crippen LogP contribution in [0.3, 0.4) is 0 Å². The molecule has 1 unspecified atom stereocenters. The third kappa shape index (κ3) is 3.27. The zero-order valence-electron chi connectivity index (χ0n) is 10.7. The topological polar surface area (TPSA) is 75.4 Å². The number of nitro benzene ring substituents is 1. The Balaban J connectivity index is 2.22. The number of halogens is 1. The predicted octanol–water partition coefficient (Wildman–Crippen LogP) is 4.24. The second kappa shape index (κ2) is 5.92. The van der Waals surface area contributed by atoms with E-state index in [1.807, 2.05) is 13.0 Å². The van der Waals surface area contributed by atoms with Crippen LogP contribution in [0.4, 0.5) is 11.4 Å². The fraction of sp³-hybridized carbons (Fsp3) is 0.143. The van der Waals surface area contributed by atoms with E-state index in [0.717, 1.165) is 5.56 Å². The van der Waals surface area contributed by atoms with Gasteiger partial charge in [-0.2, -0.15) is 0 Å². The normalized spacial score (nSPS) is 11.9. The summed E-state index contributed by atoms with van der Waals surface area (Å²) in [5.74, 6) is 0.193. The van der Waals surface area contributed by atoms with Crippen molar-refractivity contribution < 1.29 is 10.0 Å². The van der Waals surface area contributed by atoms with Crippen molar-refractivity contribution in [1.29, 1.82) is 0 Å². The van der Waals surface area contributed by atoms with Crippen molar-refractivity contribution in [2.75, 3.05) is 5.32 Å². The van der Waals surface area contributed by atoms with Crippen molar-refractivity contribution in [2.45, 2.75) is 13.0 Å². The first-order valence-electron chi connectivity index (χ1n) is 5.97. The van der Waals surface area contributed by atoms with Gasteiger partial charge in [0.05, 0.1) is 9.40 Å². The molecular formula is C14H13BrN2O3. The van der Waals surface area contributed by atoms with Gasteiger partial charge < -0.3 is 10.4 Å². The van der Waals surface area contributed by atoms with Gasteiger partial charge >= 0.3 is 0 Å². The molecule has 6 heteroatoms. The number of phenolic OH excluding ortho intramolecular Hbond substituents is 1. The quantitative estimate of drug-likeness (QED) is 0.646. The smallest absolute Gasteiger partial charge is 0.285 e. The Hall–Kier alpha value is -2.08. The van der Waals surface area contributed by atoms with Crippen molar-refractivity contribution in [2.24, 2.45) is 0 Å². The minimum Gasteiger partial charge on any atom is -0.508 e. The van der Waals surface area contributed by atoms with Gasteiger partial charge in [-0.25, -0.2) is 0 Å². The molecule has 104 valence electrons. The van der Waals surface area contributed by atoms with Gasteiger partial charge in [0, 0.05) is 17.8 Å². The Kier molecular flexibility index (Phi) is 4.24. The summed E-state index contributed by atoms with van der Waals surface area (Å²) < 4.78 is 0.443. The maximum atomic E-state index is 10.9. The lowest BCUT2D eigenvalue weighted by Gasteiger charge is -2.16. The fourth-order valence-electron chi connectivity index (χ4n) is 1.87. The Labute approximate surface area is 124 Å². The average Bonchev–Trinajstić information content (AvgIpc) is 2.40. The number of benzene rings is 2. The number of hydrogen-bond acceptors (Lipinski definition) is 4. The van der Waals surface area contributed by atoms with Crippen molar-refractivity contribution in [3.8, 4) is 5.75 Å². The Morgan fingerprint density at radius 1 is 1.30 bits per heavy atom. The molecule has 0 saturated carbocycles. The number of anilines is 1. The van der Waals surface area contributed by atoms with Gasteiger partial charge in [0.1, 0.15) is 5.75 Å². The molecule has 0 aromatic heterocycles. The molecule has 0 bridgehead atoms. The minimum atomic E-state index is -0.436. The molecule has 0 aliphatic rings. The van der Waals surface area contributed by atoms with Crippen LogP contribution in [0.2, 0.25) is 0 Å². The summed E-state index contributed by atoms with van der Waals surface area (Å²) in [6, 6.07) is 11.7. The van der Waals surface area contributed by atoms with Crippen molar-refractivity contribution in [1.82, 2.24) is 0 Å². The van der Waals surface area contributed by atoms with Gasteiger partial charge in [-0.3, -0.25) is 10.1 Å². The van der Waals surface area contributed by atoms with Gasteiger partial charge in [0.2, 0.25) is 0 Å². The summed E-state index contributed by atoms with van der Waals surface area (Å²) in [6.07, 6.45) is 0. The first-order valence-corrected chi connectivity index (χ1v) is 6.76. The average molecular weight is 337 g/mol. The third-order valence-corrected chi connectivity index (χ3v) is 3.57. The number of rotatable bonds is 4. The van der Waals surface area contributed by atoms with E-state index in [4.69, 9.17) is 0 Å². The predicted molar refractivity (Wildman–Crippen MR) is 80.9 cm³/mol. The molecule has 0 aliphatic heterocycles. The Morgan fingerprint density at radius 3 is 2.70 bits per heavy atom. The highest BCUT2D eigenvalue weighted by atomic mass is 79.9. The van der Waals surface area contributed by atoms with E-state index in [0.29, 0.717) is 10.2 Å². The summed E-state index contributed by atoms with van der Waals surface area (Å²) in [5.41, 5.74) is 1.56. The first-order chi connectivity index (χ1) is 9.47. The zero-order chi connectivity index (χ0) is 14.7. The first kappa shape index (κ1) is 14.3. The SMILES string of the molecule is CC(Nc1ccc(Br)c([N+](=O)[O-])c1)c1cccc(O)c1. The maximum absolute atomic E-state index is 10.9. The lowest BCUT2D eigenvalue weighted by molar-refractivity contribution is -0.385. The van der Waals surface area contributed by atoms with E-state index < -0.39 is 4.92 Å². The van der Waals surface area contributed by atoms with Crippen LogP contribution >= 0.6 is 15.9 Å². The van der Waals surface area contributed by atoms with Crippen LogP contribution in [0.15, 0.2) is 46.9 Å². The monoisotopic (exact) mass is 336 g/mol. The number of hydrogen-bond donors (Lipinski definition) is 2. The summed E-state index contributed by atoms with van der Waals surface area (Å²) in [6.45, 7) is 1.92. The minimum absolute atomic E-state index is 0.0121. The molecule has 0 radical (unpaired) electrons. The van der Waals surface area contributed by atoms with Crippen LogP contribution in [-0.4, -0.2) is 10.0 Å².